The minimum atomic E-state index is -3.65. The van der Waals surface area contributed by atoms with Crippen LogP contribution in [-0.2, 0) is 14.8 Å². The van der Waals surface area contributed by atoms with Crippen molar-refractivity contribution in [3.05, 3.63) is 18.2 Å². The molecule has 1 N–H and O–H groups in total. The van der Waals surface area contributed by atoms with Crippen molar-refractivity contribution >= 4 is 15.9 Å². The smallest absolute Gasteiger partial charge is 0.243 e. The number of ether oxygens (including phenoxy) is 2. The number of methoxy groups -OCH3 is 2. The van der Waals surface area contributed by atoms with E-state index < -0.39 is 10.0 Å². The van der Waals surface area contributed by atoms with E-state index in [1.54, 1.807) is 6.07 Å². The molecule has 1 saturated heterocycles. The van der Waals surface area contributed by atoms with Crippen LogP contribution >= 0.6 is 0 Å². The fourth-order valence-corrected chi connectivity index (χ4v) is 5.35. The number of likely N-dealkylation sites (N-methyl/N-ethyl adjacent to an activating group) is 1. The number of piperidine rings is 1. The van der Waals surface area contributed by atoms with Gasteiger partial charge in [-0.25, -0.2) is 8.42 Å². The number of carbonyl (C=O) groups excluding carboxylic acids is 1. The third kappa shape index (κ3) is 5.07. The summed E-state index contributed by atoms with van der Waals surface area (Å²) in [6, 6.07) is 5.54. The standard InChI is InChI=1S/C21H33N3O5S/c1-15(23(2)17-5-6-17)14-22-21(25)16-9-11-24(12-10-16)30(26,27)18-7-8-19(28-3)20(13-18)29-4/h7-8,13,15-17H,5-6,9-12,14H2,1-4H3,(H,22,25). The molecule has 1 aromatic carbocycles. The summed E-state index contributed by atoms with van der Waals surface area (Å²) in [5, 5.41) is 3.05. The van der Waals surface area contributed by atoms with Crippen LogP contribution in [0.25, 0.3) is 0 Å². The Balaban J connectivity index is 1.54. The summed E-state index contributed by atoms with van der Waals surface area (Å²) in [6.45, 7) is 3.39. The molecule has 3 rings (SSSR count). The maximum absolute atomic E-state index is 13.0. The van der Waals surface area contributed by atoms with Crippen LogP contribution in [0.2, 0.25) is 0 Å². The second-order valence-electron chi connectivity index (χ2n) is 8.19. The molecule has 1 aliphatic heterocycles. The van der Waals surface area contributed by atoms with Gasteiger partial charge in [-0.1, -0.05) is 0 Å². The van der Waals surface area contributed by atoms with Gasteiger partial charge in [-0.05, 0) is 51.8 Å². The van der Waals surface area contributed by atoms with Crippen molar-refractivity contribution in [3.63, 3.8) is 0 Å². The molecule has 168 valence electrons. The van der Waals surface area contributed by atoms with E-state index in [1.807, 2.05) is 0 Å². The van der Waals surface area contributed by atoms with Gasteiger partial charge in [0.1, 0.15) is 0 Å². The molecule has 1 amide bonds. The van der Waals surface area contributed by atoms with E-state index in [4.69, 9.17) is 9.47 Å². The van der Waals surface area contributed by atoms with E-state index in [2.05, 4.69) is 24.2 Å². The molecule has 9 heteroatoms. The van der Waals surface area contributed by atoms with Crippen LogP contribution < -0.4 is 14.8 Å². The third-order valence-corrected chi connectivity index (χ3v) is 8.10. The molecule has 1 atom stereocenters. The topological polar surface area (TPSA) is 88.2 Å². The number of amides is 1. The van der Waals surface area contributed by atoms with Gasteiger partial charge in [-0.15, -0.1) is 0 Å². The van der Waals surface area contributed by atoms with E-state index in [-0.39, 0.29) is 16.7 Å². The van der Waals surface area contributed by atoms with Crippen LogP contribution in [0.3, 0.4) is 0 Å². The van der Waals surface area contributed by atoms with Crippen LogP contribution in [0.1, 0.15) is 32.6 Å². The maximum Gasteiger partial charge on any atom is 0.243 e. The Bertz CT molecular complexity index is 848. The number of benzene rings is 1. The van der Waals surface area contributed by atoms with Gasteiger partial charge in [-0.3, -0.25) is 9.69 Å². The van der Waals surface area contributed by atoms with Gasteiger partial charge in [0.05, 0.1) is 19.1 Å². The molecular formula is C21H33N3O5S. The molecule has 1 unspecified atom stereocenters. The minimum Gasteiger partial charge on any atom is -0.493 e. The van der Waals surface area contributed by atoms with Crippen molar-refractivity contribution in [1.82, 2.24) is 14.5 Å². The minimum absolute atomic E-state index is 0.0224. The monoisotopic (exact) mass is 439 g/mol. The van der Waals surface area contributed by atoms with Gasteiger partial charge < -0.3 is 14.8 Å². The summed E-state index contributed by atoms with van der Waals surface area (Å²) in [7, 11) is 1.43. The molecule has 0 spiro atoms. The summed E-state index contributed by atoms with van der Waals surface area (Å²) < 4.78 is 37.9. The van der Waals surface area contributed by atoms with E-state index in [0.29, 0.717) is 56.1 Å². The van der Waals surface area contributed by atoms with Gasteiger partial charge >= 0.3 is 0 Å². The Morgan fingerprint density at radius 1 is 1.17 bits per heavy atom. The zero-order chi connectivity index (χ0) is 21.9. The number of hydrogen-bond acceptors (Lipinski definition) is 6. The average molecular weight is 440 g/mol. The Morgan fingerprint density at radius 2 is 1.80 bits per heavy atom. The summed E-state index contributed by atoms with van der Waals surface area (Å²) in [6.07, 6.45) is 3.51. The molecule has 1 saturated carbocycles. The highest BCUT2D eigenvalue weighted by atomic mass is 32.2. The highest BCUT2D eigenvalue weighted by molar-refractivity contribution is 7.89. The zero-order valence-corrected chi connectivity index (χ0v) is 19.1. The molecule has 0 bridgehead atoms. The van der Waals surface area contributed by atoms with Gasteiger partial charge in [-0.2, -0.15) is 4.31 Å². The van der Waals surface area contributed by atoms with Crippen molar-refractivity contribution in [3.8, 4) is 11.5 Å². The molecule has 0 radical (unpaired) electrons. The number of nitrogens with zero attached hydrogens (tertiary/aromatic N) is 2. The summed E-state index contributed by atoms with van der Waals surface area (Å²) >= 11 is 0. The predicted molar refractivity (Wildman–Crippen MR) is 114 cm³/mol. The first-order valence-corrected chi connectivity index (χ1v) is 11.9. The SMILES string of the molecule is COc1ccc(S(=O)(=O)N2CCC(C(=O)NCC(C)N(C)C3CC3)CC2)cc1OC. The lowest BCUT2D eigenvalue weighted by Gasteiger charge is -2.31. The van der Waals surface area contributed by atoms with E-state index in [9.17, 15) is 13.2 Å². The first kappa shape index (κ1) is 22.8. The van der Waals surface area contributed by atoms with Crippen molar-refractivity contribution in [1.29, 1.82) is 0 Å². The van der Waals surface area contributed by atoms with Gasteiger partial charge in [0.15, 0.2) is 11.5 Å². The number of carbonyl (C=O) groups is 1. The summed E-state index contributed by atoms with van der Waals surface area (Å²) in [4.78, 5) is 15.0. The Hall–Kier alpha value is -1.84. The van der Waals surface area contributed by atoms with Gasteiger partial charge in [0.2, 0.25) is 15.9 Å². The van der Waals surface area contributed by atoms with Crippen LogP contribution in [0.5, 0.6) is 11.5 Å². The van der Waals surface area contributed by atoms with Crippen molar-refractivity contribution in [2.75, 3.05) is 40.9 Å². The molecular weight excluding hydrogens is 406 g/mol. The Morgan fingerprint density at radius 3 is 2.37 bits per heavy atom. The molecule has 2 fully saturated rings. The van der Waals surface area contributed by atoms with Crippen LogP contribution in [0, 0.1) is 5.92 Å². The van der Waals surface area contributed by atoms with E-state index >= 15 is 0 Å². The van der Waals surface area contributed by atoms with Gasteiger partial charge in [0.25, 0.3) is 0 Å². The fourth-order valence-electron chi connectivity index (χ4n) is 3.86. The van der Waals surface area contributed by atoms with Crippen molar-refractivity contribution < 1.29 is 22.7 Å². The lowest BCUT2D eigenvalue weighted by molar-refractivity contribution is -0.126. The number of rotatable bonds is 9. The normalized spacial score (nSPS) is 19.5. The van der Waals surface area contributed by atoms with E-state index in [0.717, 1.165) is 0 Å². The largest absolute Gasteiger partial charge is 0.493 e. The first-order valence-electron chi connectivity index (χ1n) is 10.5. The average Bonchev–Trinajstić information content (AvgIpc) is 3.61. The predicted octanol–water partition coefficient (Wildman–Crippen LogP) is 1.70. The first-order chi connectivity index (χ1) is 14.3. The molecule has 2 aliphatic rings. The quantitative estimate of drug-likeness (QED) is 0.630. The van der Waals surface area contributed by atoms with Crippen LogP contribution in [0.15, 0.2) is 23.1 Å². The molecule has 8 nitrogen and oxygen atoms in total. The lowest BCUT2D eigenvalue weighted by atomic mass is 9.97. The summed E-state index contributed by atoms with van der Waals surface area (Å²) in [5.41, 5.74) is 0. The highest BCUT2D eigenvalue weighted by Crippen LogP contribution is 2.32. The second-order valence-corrected chi connectivity index (χ2v) is 10.1. The number of sulfonamides is 1. The zero-order valence-electron chi connectivity index (χ0n) is 18.3. The van der Waals surface area contributed by atoms with Crippen molar-refractivity contribution in [2.24, 2.45) is 5.92 Å². The third-order valence-electron chi connectivity index (χ3n) is 6.21. The Labute approximate surface area is 179 Å². The number of hydrogen-bond donors (Lipinski definition) is 1. The van der Waals surface area contributed by atoms with Gasteiger partial charge in [0, 0.05) is 43.7 Å². The lowest BCUT2D eigenvalue weighted by Crippen LogP contribution is -2.46. The number of nitrogens with one attached hydrogen (secondary N) is 1. The Kier molecular flexibility index (Phi) is 7.26. The van der Waals surface area contributed by atoms with Crippen LogP contribution in [-0.4, -0.2) is 76.5 Å². The molecule has 1 aliphatic carbocycles. The molecule has 1 heterocycles. The molecule has 30 heavy (non-hydrogen) atoms. The van der Waals surface area contributed by atoms with Crippen molar-refractivity contribution in [2.45, 2.75) is 49.6 Å². The van der Waals surface area contributed by atoms with E-state index in [1.165, 1.54) is 43.5 Å². The second kappa shape index (κ2) is 9.53. The maximum atomic E-state index is 13.0. The van der Waals surface area contributed by atoms with Crippen LogP contribution in [0.4, 0.5) is 0 Å². The summed E-state index contributed by atoms with van der Waals surface area (Å²) in [5.74, 6) is 0.723. The highest BCUT2D eigenvalue weighted by Gasteiger charge is 2.33. The molecule has 1 aromatic rings. The fraction of sp³-hybridized carbons (Fsp3) is 0.667. The molecule has 0 aromatic heterocycles.